The smallest absolute Gasteiger partial charge is 0.160 e. The average molecular weight is 282 g/mol. The minimum atomic E-state index is -0.783. The van der Waals surface area contributed by atoms with E-state index in [-0.39, 0.29) is 5.54 Å². The first-order chi connectivity index (χ1) is 9.55. The van der Waals surface area contributed by atoms with Crippen molar-refractivity contribution in [3.8, 4) is 0 Å². The Morgan fingerprint density at radius 3 is 2.45 bits per heavy atom. The van der Waals surface area contributed by atoms with E-state index in [4.69, 9.17) is 0 Å². The summed E-state index contributed by atoms with van der Waals surface area (Å²) in [6.07, 6.45) is 3.04. The van der Waals surface area contributed by atoms with E-state index in [0.29, 0.717) is 6.04 Å². The van der Waals surface area contributed by atoms with Crippen LogP contribution in [-0.2, 0) is 0 Å². The lowest BCUT2D eigenvalue weighted by molar-refractivity contribution is 0.246. The van der Waals surface area contributed by atoms with Gasteiger partial charge in [0.2, 0.25) is 0 Å². The molecule has 1 N–H and O–H groups in total. The maximum absolute atomic E-state index is 13.5. The van der Waals surface area contributed by atoms with Crippen LogP contribution in [0.5, 0.6) is 0 Å². The van der Waals surface area contributed by atoms with Crippen molar-refractivity contribution >= 4 is 5.69 Å². The van der Waals surface area contributed by atoms with Crippen molar-refractivity contribution in [2.45, 2.75) is 51.6 Å². The van der Waals surface area contributed by atoms with Crippen molar-refractivity contribution in [3.05, 3.63) is 29.8 Å². The molecule has 2 nitrogen and oxygen atoms in total. The SMILES string of the molecule is CCC1CNC(CC)(CC)CN1c1ccc(F)c(F)c1. The zero-order valence-corrected chi connectivity index (χ0v) is 12.5. The highest BCUT2D eigenvalue weighted by molar-refractivity contribution is 5.49. The van der Waals surface area contributed by atoms with Crippen LogP contribution in [0.2, 0.25) is 0 Å². The zero-order valence-electron chi connectivity index (χ0n) is 12.5. The molecule has 1 aliphatic heterocycles. The number of benzene rings is 1. The summed E-state index contributed by atoms with van der Waals surface area (Å²) < 4.78 is 26.6. The predicted molar refractivity (Wildman–Crippen MR) is 79.1 cm³/mol. The third-order valence-corrected chi connectivity index (χ3v) is 4.69. The zero-order chi connectivity index (χ0) is 14.8. The highest BCUT2D eigenvalue weighted by Crippen LogP contribution is 2.29. The summed E-state index contributed by atoms with van der Waals surface area (Å²) in [4.78, 5) is 2.23. The van der Waals surface area contributed by atoms with Crippen molar-refractivity contribution in [1.29, 1.82) is 0 Å². The molecule has 4 heteroatoms. The molecule has 0 spiro atoms. The lowest BCUT2D eigenvalue weighted by Gasteiger charge is -2.48. The summed E-state index contributed by atoms with van der Waals surface area (Å²) >= 11 is 0. The maximum Gasteiger partial charge on any atom is 0.160 e. The summed E-state index contributed by atoms with van der Waals surface area (Å²) in [6.45, 7) is 8.20. The van der Waals surface area contributed by atoms with Crippen LogP contribution in [0, 0.1) is 11.6 Å². The van der Waals surface area contributed by atoms with Gasteiger partial charge in [0.05, 0.1) is 0 Å². The number of nitrogens with zero attached hydrogens (tertiary/aromatic N) is 1. The molecular weight excluding hydrogens is 258 g/mol. The number of hydrogen-bond acceptors (Lipinski definition) is 2. The summed E-state index contributed by atoms with van der Waals surface area (Å²) in [6, 6.07) is 4.55. The monoisotopic (exact) mass is 282 g/mol. The number of piperazine rings is 1. The van der Waals surface area contributed by atoms with Crippen molar-refractivity contribution < 1.29 is 8.78 Å². The van der Waals surface area contributed by atoms with Crippen LogP contribution in [-0.4, -0.2) is 24.7 Å². The number of hydrogen-bond donors (Lipinski definition) is 1. The van der Waals surface area contributed by atoms with Crippen molar-refractivity contribution in [3.63, 3.8) is 0 Å². The van der Waals surface area contributed by atoms with E-state index in [0.717, 1.165) is 38.0 Å². The Labute approximate surface area is 120 Å². The average Bonchev–Trinajstić information content (AvgIpc) is 2.49. The van der Waals surface area contributed by atoms with E-state index in [9.17, 15) is 8.78 Å². The van der Waals surface area contributed by atoms with Crippen LogP contribution >= 0.6 is 0 Å². The van der Waals surface area contributed by atoms with Gasteiger partial charge in [0, 0.05) is 36.4 Å². The molecule has 0 saturated carbocycles. The van der Waals surface area contributed by atoms with Gasteiger partial charge in [-0.25, -0.2) is 8.78 Å². The first-order valence-corrected chi connectivity index (χ1v) is 7.52. The van der Waals surface area contributed by atoms with E-state index in [1.807, 2.05) is 0 Å². The Balaban J connectivity index is 2.31. The topological polar surface area (TPSA) is 15.3 Å². The first kappa shape index (κ1) is 15.2. The van der Waals surface area contributed by atoms with Crippen molar-refractivity contribution in [2.24, 2.45) is 0 Å². The molecule has 2 rings (SSSR count). The van der Waals surface area contributed by atoms with E-state index >= 15 is 0 Å². The van der Waals surface area contributed by atoms with Crippen molar-refractivity contribution in [2.75, 3.05) is 18.0 Å². The minimum absolute atomic E-state index is 0.0660. The second kappa shape index (κ2) is 6.08. The molecule has 1 aromatic carbocycles. The van der Waals surface area contributed by atoms with Crippen LogP contribution in [0.25, 0.3) is 0 Å². The second-order valence-electron chi connectivity index (χ2n) is 5.66. The number of rotatable bonds is 4. The van der Waals surface area contributed by atoms with Gasteiger partial charge in [0.15, 0.2) is 11.6 Å². The summed E-state index contributed by atoms with van der Waals surface area (Å²) in [5, 5.41) is 3.65. The van der Waals surface area contributed by atoms with E-state index in [1.54, 1.807) is 6.07 Å². The van der Waals surface area contributed by atoms with Gasteiger partial charge in [-0.15, -0.1) is 0 Å². The van der Waals surface area contributed by atoms with Crippen LogP contribution in [0.15, 0.2) is 18.2 Å². The molecule has 1 atom stereocenters. The van der Waals surface area contributed by atoms with Gasteiger partial charge in [-0.1, -0.05) is 20.8 Å². The Morgan fingerprint density at radius 1 is 1.20 bits per heavy atom. The molecule has 1 fully saturated rings. The largest absolute Gasteiger partial charge is 0.365 e. The van der Waals surface area contributed by atoms with Crippen molar-refractivity contribution in [1.82, 2.24) is 5.32 Å². The van der Waals surface area contributed by atoms with Crippen LogP contribution in [0.1, 0.15) is 40.0 Å². The van der Waals surface area contributed by atoms with E-state index in [2.05, 4.69) is 31.0 Å². The van der Waals surface area contributed by atoms with Crippen LogP contribution < -0.4 is 10.2 Å². The molecule has 1 aliphatic rings. The molecule has 0 radical (unpaired) electrons. The Hall–Kier alpha value is -1.16. The highest BCUT2D eigenvalue weighted by atomic mass is 19.2. The normalized spacial score (nSPS) is 22.1. The van der Waals surface area contributed by atoms with Crippen LogP contribution in [0.4, 0.5) is 14.5 Å². The molecule has 1 saturated heterocycles. The molecular formula is C16H24F2N2. The molecule has 0 aliphatic carbocycles. The van der Waals surface area contributed by atoms with Gasteiger partial charge < -0.3 is 10.2 Å². The lowest BCUT2D eigenvalue weighted by atomic mass is 9.87. The molecule has 0 amide bonds. The Bertz CT molecular complexity index is 458. The third kappa shape index (κ3) is 2.80. The number of nitrogens with one attached hydrogen (secondary N) is 1. The van der Waals surface area contributed by atoms with Gasteiger partial charge >= 0.3 is 0 Å². The summed E-state index contributed by atoms with van der Waals surface area (Å²) in [7, 11) is 0. The number of anilines is 1. The standard InChI is InChI=1S/C16H24F2N2/c1-4-12-10-19-16(5-2,6-3)11-20(12)13-7-8-14(17)15(18)9-13/h7-9,12,19H,4-6,10-11H2,1-3H3. The molecule has 0 aromatic heterocycles. The van der Waals surface area contributed by atoms with Gasteiger partial charge in [0.1, 0.15) is 0 Å². The fraction of sp³-hybridized carbons (Fsp3) is 0.625. The maximum atomic E-state index is 13.5. The Morgan fingerprint density at radius 2 is 1.90 bits per heavy atom. The van der Waals surface area contributed by atoms with Gasteiger partial charge in [0.25, 0.3) is 0 Å². The molecule has 112 valence electrons. The first-order valence-electron chi connectivity index (χ1n) is 7.52. The summed E-state index contributed by atoms with van der Waals surface area (Å²) in [5.41, 5.74) is 0.847. The molecule has 20 heavy (non-hydrogen) atoms. The third-order valence-electron chi connectivity index (χ3n) is 4.69. The fourth-order valence-electron chi connectivity index (χ4n) is 3.01. The van der Waals surface area contributed by atoms with Gasteiger partial charge in [-0.2, -0.15) is 0 Å². The molecule has 0 bridgehead atoms. The lowest BCUT2D eigenvalue weighted by Crippen LogP contribution is -2.64. The highest BCUT2D eigenvalue weighted by Gasteiger charge is 2.36. The quantitative estimate of drug-likeness (QED) is 0.905. The molecule has 1 unspecified atom stereocenters. The summed E-state index contributed by atoms with van der Waals surface area (Å²) in [5.74, 6) is -1.55. The van der Waals surface area contributed by atoms with E-state index < -0.39 is 11.6 Å². The molecule has 1 aromatic rings. The minimum Gasteiger partial charge on any atom is -0.365 e. The Kier molecular flexibility index (Phi) is 4.63. The van der Waals surface area contributed by atoms with Gasteiger partial charge in [-0.05, 0) is 31.4 Å². The second-order valence-corrected chi connectivity index (χ2v) is 5.66. The molecule has 1 heterocycles. The predicted octanol–water partition coefficient (Wildman–Crippen LogP) is 3.71. The van der Waals surface area contributed by atoms with E-state index in [1.165, 1.54) is 12.1 Å². The van der Waals surface area contributed by atoms with Gasteiger partial charge in [-0.3, -0.25) is 0 Å². The number of halogens is 2. The fourth-order valence-corrected chi connectivity index (χ4v) is 3.01. The van der Waals surface area contributed by atoms with Crippen LogP contribution in [0.3, 0.4) is 0 Å².